The maximum atomic E-state index is 10.4. The lowest BCUT2D eigenvalue weighted by molar-refractivity contribution is 0.477. The topological polar surface area (TPSA) is 40.8 Å². The van der Waals surface area contributed by atoms with Crippen molar-refractivity contribution in [2.24, 2.45) is 0 Å². The fourth-order valence-electron chi connectivity index (χ4n) is 4.28. The number of fused-ring (bicyclic) bond motifs is 3. The van der Waals surface area contributed by atoms with E-state index in [0.717, 1.165) is 46.5 Å². The lowest BCUT2D eigenvalue weighted by Crippen LogP contribution is -2.21. The molecule has 0 radical (unpaired) electrons. The standard InChI is InChI=1S/C27H25N3O/c1-3-29(4-2)21-15-13-19(14-16-21)25-17-20-9-5-6-10-22(20)26-18-24(28-30(25)26)23-11-7-8-12-27(23)31/h5-18,31H,3-4H2,1-2H3. The van der Waals surface area contributed by atoms with E-state index >= 15 is 0 Å². The summed E-state index contributed by atoms with van der Waals surface area (Å²) in [5.74, 6) is 0.236. The van der Waals surface area contributed by atoms with E-state index in [4.69, 9.17) is 5.10 Å². The van der Waals surface area contributed by atoms with E-state index in [1.165, 1.54) is 11.1 Å². The fourth-order valence-corrected chi connectivity index (χ4v) is 4.28. The third-order valence-corrected chi connectivity index (χ3v) is 5.94. The number of hydrogen-bond donors (Lipinski definition) is 1. The number of pyridine rings is 1. The summed E-state index contributed by atoms with van der Waals surface area (Å²) in [6.07, 6.45) is 0. The molecule has 0 aliphatic rings. The van der Waals surface area contributed by atoms with Crippen molar-refractivity contribution in [2.75, 3.05) is 18.0 Å². The molecule has 4 nitrogen and oxygen atoms in total. The second kappa shape index (κ2) is 7.80. The molecule has 2 aromatic heterocycles. The van der Waals surface area contributed by atoms with Gasteiger partial charge in [0.2, 0.25) is 0 Å². The number of para-hydroxylation sites is 1. The normalized spacial score (nSPS) is 11.3. The van der Waals surface area contributed by atoms with Crippen LogP contribution in [0.1, 0.15) is 13.8 Å². The van der Waals surface area contributed by atoms with E-state index in [9.17, 15) is 5.11 Å². The van der Waals surface area contributed by atoms with Crippen LogP contribution in [0.3, 0.4) is 0 Å². The summed E-state index contributed by atoms with van der Waals surface area (Å²) in [4.78, 5) is 2.34. The van der Waals surface area contributed by atoms with Gasteiger partial charge in [-0.1, -0.05) is 48.5 Å². The van der Waals surface area contributed by atoms with Crippen molar-refractivity contribution in [2.45, 2.75) is 13.8 Å². The number of phenolic OH excluding ortho intramolecular Hbond substituents is 1. The minimum absolute atomic E-state index is 0.236. The van der Waals surface area contributed by atoms with E-state index < -0.39 is 0 Å². The first-order valence-electron chi connectivity index (χ1n) is 10.7. The second-order valence-electron chi connectivity index (χ2n) is 7.68. The molecule has 0 atom stereocenters. The first-order valence-corrected chi connectivity index (χ1v) is 10.7. The van der Waals surface area contributed by atoms with Crippen molar-refractivity contribution < 1.29 is 5.11 Å². The van der Waals surface area contributed by atoms with Crippen molar-refractivity contribution in [3.05, 3.63) is 84.9 Å². The molecule has 0 saturated heterocycles. The lowest BCUT2D eigenvalue weighted by atomic mass is 10.0. The van der Waals surface area contributed by atoms with Gasteiger partial charge < -0.3 is 10.0 Å². The molecule has 1 N–H and O–H groups in total. The zero-order chi connectivity index (χ0) is 21.4. The lowest BCUT2D eigenvalue weighted by Gasteiger charge is -2.21. The van der Waals surface area contributed by atoms with Crippen molar-refractivity contribution in [1.29, 1.82) is 0 Å². The molecule has 31 heavy (non-hydrogen) atoms. The van der Waals surface area contributed by atoms with Crippen molar-refractivity contribution in [3.63, 3.8) is 0 Å². The molecule has 2 heterocycles. The largest absolute Gasteiger partial charge is 0.507 e. The van der Waals surface area contributed by atoms with E-state index in [1.807, 2.05) is 28.8 Å². The van der Waals surface area contributed by atoms with Gasteiger partial charge in [-0.25, -0.2) is 4.52 Å². The summed E-state index contributed by atoms with van der Waals surface area (Å²) in [5.41, 5.74) is 5.88. The average Bonchev–Trinajstić information content (AvgIpc) is 3.26. The van der Waals surface area contributed by atoms with E-state index in [0.29, 0.717) is 0 Å². The highest BCUT2D eigenvalue weighted by Crippen LogP contribution is 2.34. The van der Waals surface area contributed by atoms with Crippen LogP contribution < -0.4 is 4.90 Å². The van der Waals surface area contributed by atoms with Crippen LogP contribution in [-0.2, 0) is 0 Å². The minimum Gasteiger partial charge on any atom is -0.507 e. The third kappa shape index (κ3) is 3.30. The Morgan fingerprint density at radius 3 is 2.29 bits per heavy atom. The first kappa shape index (κ1) is 19.2. The van der Waals surface area contributed by atoms with Crippen LogP contribution in [-0.4, -0.2) is 27.8 Å². The molecule has 5 aromatic rings. The van der Waals surface area contributed by atoms with Gasteiger partial charge >= 0.3 is 0 Å². The zero-order valence-corrected chi connectivity index (χ0v) is 17.8. The Bertz CT molecular complexity index is 1360. The van der Waals surface area contributed by atoms with Gasteiger partial charge in [-0.05, 0) is 55.6 Å². The second-order valence-corrected chi connectivity index (χ2v) is 7.68. The number of phenols is 1. The summed E-state index contributed by atoms with van der Waals surface area (Å²) >= 11 is 0. The number of nitrogens with zero attached hydrogens (tertiary/aromatic N) is 3. The van der Waals surface area contributed by atoms with Crippen LogP contribution in [0.15, 0.2) is 84.9 Å². The summed E-state index contributed by atoms with van der Waals surface area (Å²) in [6.45, 7) is 6.32. The average molecular weight is 408 g/mol. The quantitative estimate of drug-likeness (QED) is 0.368. The Hall–Kier alpha value is -3.79. The van der Waals surface area contributed by atoms with Gasteiger partial charge in [0.05, 0.1) is 16.9 Å². The van der Waals surface area contributed by atoms with Crippen molar-refractivity contribution in [1.82, 2.24) is 9.61 Å². The van der Waals surface area contributed by atoms with Crippen LogP contribution in [0.5, 0.6) is 5.75 Å². The van der Waals surface area contributed by atoms with Gasteiger partial charge in [0, 0.05) is 35.3 Å². The maximum absolute atomic E-state index is 10.4. The van der Waals surface area contributed by atoms with Crippen molar-refractivity contribution in [3.8, 4) is 28.3 Å². The molecule has 0 aliphatic heterocycles. The molecular weight excluding hydrogens is 382 g/mol. The zero-order valence-electron chi connectivity index (χ0n) is 17.8. The molecule has 0 bridgehead atoms. The molecule has 3 aromatic carbocycles. The summed E-state index contributed by atoms with van der Waals surface area (Å²) < 4.78 is 2.00. The van der Waals surface area contributed by atoms with E-state index in [2.05, 4.69) is 73.3 Å². The van der Waals surface area contributed by atoms with Gasteiger partial charge in [0.15, 0.2) is 0 Å². The Kier molecular flexibility index (Phi) is 4.83. The Morgan fingerprint density at radius 1 is 0.839 bits per heavy atom. The smallest absolute Gasteiger partial charge is 0.125 e. The molecule has 154 valence electrons. The van der Waals surface area contributed by atoms with Crippen LogP contribution in [0.25, 0.3) is 38.8 Å². The number of aromatic nitrogens is 2. The Balaban J connectivity index is 1.73. The minimum atomic E-state index is 0.236. The molecule has 0 fully saturated rings. The van der Waals surface area contributed by atoms with E-state index in [1.54, 1.807) is 6.07 Å². The molecule has 5 rings (SSSR count). The highest BCUT2D eigenvalue weighted by atomic mass is 16.3. The van der Waals surface area contributed by atoms with Gasteiger partial charge in [-0.15, -0.1) is 0 Å². The van der Waals surface area contributed by atoms with Gasteiger partial charge in [0.1, 0.15) is 5.75 Å². The molecule has 0 spiro atoms. The van der Waals surface area contributed by atoms with Gasteiger partial charge in [-0.2, -0.15) is 5.10 Å². The molecule has 0 unspecified atom stereocenters. The van der Waals surface area contributed by atoms with Crippen LogP contribution in [0, 0.1) is 0 Å². The molecular formula is C27H25N3O. The molecule has 0 amide bonds. The third-order valence-electron chi connectivity index (χ3n) is 5.94. The highest BCUT2D eigenvalue weighted by Gasteiger charge is 2.15. The predicted molar refractivity (Wildman–Crippen MR) is 129 cm³/mol. The molecule has 4 heteroatoms. The monoisotopic (exact) mass is 407 g/mol. The highest BCUT2D eigenvalue weighted by molar-refractivity contribution is 5.99. The van der Waals surface area contributed by atoms with Crippen LogP contribution in [0.4, 0.5) is 5.69 Å². The van der Waals surface area contributed by atoms with Gasteiger partial charge in [-0.3, -0.25) is 0 Å². The predicted octanol–water partition coefficient (Wildman–Crippen LogP) is 6.37. The van der Waals surface area contributed by atoms with Crippen LogP contribution in [0.2, 0.25) is 0 Å². The summed E-state index contributed by atoms with van der Waals surface area (Å²) in [6, 6.07) is 28.6. The molecule has 0 saturated carbocycles. The maximum Gasteiger partial charge on any atom is 0.125 e. The number of aromatic hydroxyl groups is 1. The summed E-state index contributed by atoms with van der Waals surface area (Å²) in [7, 11) is 0. The Labute approximate surface area is 182 Å². The van der Waals surface area contributed by atoms with Crippen molar-refractivity contribution >= 4 is 22.0 Å². The number of anilines is 1. The SMILES string of the molecule is CCN(CC)c1ccc(-c2cc3ccccc3c3cc(-c4ccccc4O)nn23)cc1. The van der Waals surface area contributed by atoms with Gasteiger partial charge in [0.25, 0.3) is 0 Å². The number of rotatable bonds is 5. The Morgan fingerprint density at radius 2 is 1.55 bits per heavy atom. The van der Waals surface area contributed by atoms with E-state index in [-0.39, 0.29) is 5.75 Å². The number of benzene rings is 3. The molecule has 0 aliphatic carbocycles. The first-order chi connectivity index (χ1) is 15.2. The summed E-state index contributed by atoms with van der Waals surface area (Å²) in [5, 5.41) is 17.6. The van der Waals surface area contributed by atoms with Crippen LogP contribution >= 0.6 is 0 Å². The fraction of sp³-hybridized carbons (Fsp3) is 0.148. The number of hydrogen-bond acceptors (Lipinski definition) is 3.